The molecule has 0 aromatic rings. The van der Waals surface area contributed by atoms with E-state index in [1.54, 1.807) is 0 Å². The zero-order valence-corrected chi connectivity index (χ0v) is 29.5. The number of amides is 2. The van der Waals surface area contributed by atoms with E-state index in [-0.39, 0.29) is 77.2 Å². The molecule has 11 heteroatoms. The number of carbonyl (C=O) groups excluding carboxylic acids is 2. The fourth-order valence-electron chi connectivity index (χ4n) is 10.6. The summed E-state index contributed by atoms with van der Waals surface area (Å²) in [4.78, 5) is 25.8. The van der Waals surface area contributed by atoms with E-state index in [9.17, 15) is 24.9 Å². The third-order valence-corrected chi connectivity index (χ3v) is 13.4. The fourth-order valence-corrected chi connectivity index (χ4v) is 10.6. The van der Waals surface area contributed by atoms with E-state index in [2.05, 4.69) is 42.0 Å². The molecule has 0 aromatic heterocycles. The van der Waals surface area contributed by atoms with Crippen LogP contribution in [0.25, 0.3) is 0 Å². The fraction of sp³-hybridized carbons (Fsp3) is 0.944. The van der Waals surface area contributed by atoms with Crippen LogP contribution in [0.15, 0.2) is 0 Å². The normalized spacial score (nSPS) is 37.7. The molecule has 8 unspecified atom stereocenters. The molecule has 4 saturated carbocycles. The number of hydrogen-bond donors (Lipinski definition) is 9. The molecular weight excluding hydrogens is 596 g/mol. The van der Waals surface area contributed by atoms with Crippen molar-refractivity contribution < 1.29 is 24.9 Å². The first-order valence-electron chi connectivity index (χ1n) is 18.9. The van der Waals surface area contributed by atoms with Gasteiger partial charge in [-0.3, -0.25) is 9.59 Å². The molecular formula is C36H68N6O5. The minimum atomic E-state index is -0.435. The molecule has 4 aliphatic carbocycles. The Bertz CT molecular complexity index is 1000. The quantitative estimate of drug-likeness (QED) is 0.0772. The number of hydrogen-bond acceptors (Lipinski definition) is 9. The van der Waals surface area contributed by atoms with Gasteiger partial charge >= 0.3 is 0 Å². The maximum atomic E-state index is 12.9. The highest BCUT2D eigenvalue weighted by Crippen LogP contribution is 2.68. The molecule has 4 fully saturated rings. The van der Waals surface area contributed by atoms with Gasteiger partial charge in [0.15, 0.2) is 0 Å². The summed E-state index contributed by atoms with van der Waals surface area (Å²) in [5, 5.41) is 46.1. The van der Waals surface area contributed by atoms with Crippen molar-refractivity contribution in [3.8, 4) is 0 Å². The SMILES string of the molecule is CC(CCC(=O)NCNC(=O)C(CCCNCCCN)NCCCN)C1CCC2C3C(O)CC4C[C@H](O)CC[C@]4(C)C3C[C@H](O)[C@]12C. The van der Waals surface area contributed by atoms with Crippen molar-refractivity contribution in [2.75, 3.05) is 39.4 Å². The Hall–Kier alpha value is -1.34. The second kappa shape index (κ2) is 17.5. The standard InChI is InChI=1S/C36H68N6O5/c1-23(8-11-32(46)41-22-42-34(47)29(40-18-6-15-38)7-4-16-39-17-5-14-37)26-9-10-27-33-28(21-31(45)36(26,27)3)35(2)13-12-25(43)19-24(35)20-30(33)44/h23-31,33,39-40,43-45H,4-22,37-38H2,1-3H3,(H,41,46)(H,42,47)/t23?,24?,25-,26?,27?,28?,29?,30?,31+,33?,35+,36-/m1/s1. The lowest BCUT2D eigenvalue weighted by Crippen LogP contribution is -2.62. The van der Waals surface area contributed by atoms with E-state index in [1.165, 1.54) is 0 Å². The molecule has 0 bridgehead atoms. The van der Waals surface area contributed by atoms with Gasteiger partial charge in [-0.1, -0.05) is 20.8 Å². The molecule has 272 valence electrons. The van der Waals surface area contributed by atoms with E-state index in [0.29, 0.717) is 51.2 Å². The summed E-state index contributed by atoms with van der Waals surface area (Å²) < 4.78 is 0. The zero-order valence-electron chi connectivity index (χ0n) is 29.5. The summed E-state index contributed by atoms with van der Waals surface area (Å²) >= 11 is 0. The van der Waals surface area contributed by atoms with Crippen LogP contribution in [0.2, 0.25) is 0 Å². The summed E-state index contributed by atoms with van der Waals surface area (Å²) in [5.74, 6) is 1.37. The minimum Gasteiger partial charge on any atom is -0.393 e. The smallest absolute Gasteiger partial charge is 0.238 e. The second-order valence-corrected chi connectivity index (χ2v) is 16.0. The van der Waals surface area contributed by atoms with E-state index in [0.717, 1.165) is 70.9 Å². The minimum absolute atomic E-state index is 0.0604. The number of nitrogens with one attached hydrogen (secondary N) is 4. The average Bonchev–Trinajstić information content (AvgIpc) is 3.40. The van der Waals surface area contributed by atoms with Crippen LogP contribution in [0.3, 0.4) is 0 Å². The summed E-state index contributed by atoms with van der Waals surface area (Å²) in [5.41, 5.74) is 11.0. The van der Waals surface area contributed by atoms with Crippen LogP contribution in [0.1, 0.15) is 104 Å². The highest BCUT2D eigenvalue weighted by atomic mass is 16.3. The monoisotopic (exact) mass is 665 g/mol. The lowest BCUT2D eigenvalue weighted by molar-refractivity contribution is -0.207. The van der Waals surface area contributed by atoms with E-state index < -0.39 is 6.10 Å². The van der Waals surface area contributed by atoms with Gasteiger partial charge in [0.1, 0.15) is 0 Å². The van der Waals surface area contributed by atoms with Gasteiger partial charge in [-0.15, -0.1) is 0 Å². The van der Waals surface area contributed by atoms with Gasteiger partial charge in [-0.05, 0) is 156 Å². The molecule has 11 N–H and O–H groups in total. The van der Waals surface area contributed by atoms with Gasteiger partial charge in [0.05, 0.1) is 31.0 Å². The largest absolute Gasteiger partial charge is 0.393 e. The van der Waals surface area contributed by atoms with E-state index in [4.69, 9.17) is 11.5 Å². The molecule has 0 heterocycles. The summed E-state index contributed by atoms with van der Waals surface area (Å²) in [6, 6.07) is -0.340. The first kappa shape index (κ1) is 38.5. The van der Waals surface area contributed by atoms with Crippen molar-refractivity contribution in [2.24, 2.45) is 57.8 Å². The molecule has 0 spiro atoms. The number of carbonyl (C=O) groups is 2. The van der Waals surface area contributed by atoms with Gasteiger partial charge in [-0.25, -0.2) is 0 Å². The van der Waals surface area contributed by atoms with Crippen molar-refractivity contribution in [1.82, 2.24) is 21.3 Å². The number of aliphatic hydroxyl groups excluding tert-OH is 3. The highest BCUT2D eigenvalue weighted by Gasteiger charge is 2.65. The molecule has 0 aromatic carbocycles. The Balaban J connectivity index is 1.25. The van der Waals surface area contributed by atoms with Crippen LogP contribution in [0.4, 0.5) is 0 Å². The van der Waals surface area contributed by atoms with Crippen LogP contribution in [0, 0.1) is 46.3 Å². The predicted octanol–water partition coefficient (Wildman–Crippen LogP) is 1.58. The Morgan fingerprint density at radius 2 is 1.60 bits per heavy atom. The van der Waals surface area contributed by atoms with Gasteiger partial charge in [-0.2, -0.15) is 0 Å². The van der Waals surface area contributed by atoms with Crippen molar-refractivity contribution in [1.29, 1.82) is 0 Å². The Morgan fingerprint density at radius 1 is 0.872 bits per heavy atom. The molecule has 0 radical (unpaired) electrons. The van der Waals surface area contributed by atoms with Gasteiger partial charge in [0, 0.05) is 6.42 Å². The number of fused-ring (bicyclic) bond motifs is 5. The third kappa shape index (κ3) is 8.88. The first-order valence-corrected chi connectivity index (χ1v) is 18.9. The first-order chi connectivity index (χ1) is 22.5. The maximum Gasteiger partial charge on any atom is 0.238 e. The number of nitrogens with two attached hydrogens (primary N) is 2. The lowest BCUT2D eigenvalue weighted by atomic mass is 9.43. The van der Waals surface area contributed by atoms with Crippen molar-refractivity contribution in [3.63, 3.8) is 0 Å². The molecule has 2 amide bonds. The molecule has 11 nitrogen and oxygen atoms in total. The number of aliphatic hydroxyl groups is 3. The van der Waals surface area contributed by atoms with Crippen molar-refractivity contribution >= 4 is 11.8 Å². The second-order valence-electron chi connectivity index (χ2n) is 16.0. The van der Waals surface area contributed by atoms with Crippen molar-refractivity contribution in [2.45, 2.75) is 129 Å². The van der Waals surface area contributed by atoms with Crippen molar-refractivity contribution in [3.05, 3.63) is 0 Å². The predicted molar refractivity (Wildman–Crippen MR) is 185 cm³/mol. The summed E-state index contributed by atoms with van der Waals surface area (Å²) in [6.07, 6.45) is 9.28. The Kier molecular flexibility index (Phi) is 14.4. The molecule has 4 aliphatic rings. The molecule has 0 aliphatic heterocycles. The Labute approximate surface area is 283 Å². The van der Waals surface area contributed by atoms with Crippen LogP contribution >= 0.6 is 0 Å². The van der Waals surface area contributed by atoms with Crippen LogP contribution in [-0.2, 0) is 9.59 Å². The molecule has 12 atom stereocenters. The van der Waals surface area contributed by atoms with Crippen LogP contribution in [0.5, 0.6) is 0 Å². The van der Waals surface area contributed by atoms with Crippen LogP contribution < -0.4 is 32.7 Å². The molecule has 4 rings (SSSR count). The van der Waals surface area contributed by atoms with Gasteiger partial charge in [0.2, 0.25) is 11.8 Å². The van der Waals surface area contributed by atoms with Gasteiger partial charge in [0.25, 0.3) is 0 Å². The Morgan fingerprint density at radius 3 is 2.34 bits per heavy atom. The molecule has 47 heavy (non-hydrogen) atoms. The average molecular weight is 665 g/mol. The maximum absolute atomic E-state index is 12.9. The summed E-state index contributed by atoms with van der Waals surface area (Å²) in [6.45, 7) is 10.5. The van der Waals surface area contributed by atoms with E-state index >= 15 is 0 Å². The topological polar surface area (TPSA) is 195 Å². The third-order valence-electron chi connectivity index (χ3n) is 13.4. The zero-order chi connectivity index (χ0) is 34.2. The number of rotatable bonds is 18. The summed E-state index contributed by atoms with van der Waals surface area (Å²) in [7, 11) is 0. The lowest BCUT2D eigenvalue weighted by Gasteiger charge is -2.63. The van der Waals surface area contributed by atoms with Crippen LogP contribution in [-0.4, -0.2) is 90.9 Å². The highest BCUT2D eigenvalue weighted by molar-refractivity contribution is 5.82. The van der Waals surface area contributed by atoms with E-state index in [1.807, 2.05) is 0 Å². The molecule has 0 saturated heterocycles. The van der Waals surface area contributed by atoms with Gasteiger partial charge < -0.3 is 48.1 Å².